The monoisotopic (exact) mass is 239 g/mol. The van der Waals surface area contributed by atoms with Crippen LogP contribution in [0.4, 0.5) is 0 Å². The molecule has 0 spiro atoms. The van der Waals surface area contributed by atoms with E-state index in [0.29, 0.717) is 12.0 Å². The molecule has 0 aromatic rings. The van der Waals surface area contributed by atoms with Gasteiger partial charge in [-0.3, -0.25) is 4.90 Å². The lowest BCUT2D eigenvalue weighted by molar-refractivity contribution is 0.00920. The highest BCUT2D eigenvalue weighted by Crippen LogP contribution is 2.36. The Morgan fingerprint density at radius 3 is 2.41 bits per heavy atom. The summed E-state index contributed by atoms with van der Waals surface area (Å²) < 4.78 is 0. The fourth-order valence-corrected chi connectivity index (χ4v) is 4.07. The summed E-state index contributed by atoms with van der Waals surface area (Å²) in [7, 11) is 0. The molecule has 17 heavy (non-hydrogen) atoms. The lowest BCUT2D eigenvalue weighted by atomic mass is 9.80. The molecule has 0 aromatic carbocycles. The molecule has 1 N–H and O–H groups in total. The summed E-state index contributed by atoms with van der Waals surface area (Å²) in [4.78, 5) is 2.72. The van der Waals surface area contributed by atoms with E-state index in [4.69, 9.17) is 0 Å². The molecule has 100 valence electrons. The highest BCUT2D eigenvalue weighted by Gasteiger charge is 2.38. The van der Waals surface area contributed by atoms with E-state index in [-0.39, 0.29) is 6.10 Å². The number of hydrogen-bond acceptors (Lipinski definition) is 2. The Kier molecular flexibility index (Phi) is 4.87. The van der Waals surface area contributed by atoms with Gasteiger partial charge in [-0.25, -0.2) is 0 Å². The Bertz CT molecular complexity index is 227. The summed E-state index contributed by atoms with van der Waals surface area (Å²) in [5.74, 6) is 0.562. The minimum absolute atomic E-state index is 0.0243. The van der Waals surface area contributed by atoms with E-state index in [1.165, 1.54) is 51.5 Å². The number of aliphatic hydroxyl groups is 1. The molecule has 3 atom stereocenters. The predicted octanol–water partition coefficient (Wildman–Crippen LogP) is 3.19. The molecule has 0 radical (unpaired) electrons. The van der Waals surface area contributed by atoms with Gasteiger partial charge in [0.05, 0.1) is 6.10 Å². The van der Waals surface area contributed by atoms with Gasteiger partial charge in [0.1, 0.15) is 0 Å². The smallest absolute Gasteiger partial charge is 0.0583 e. The molecule has 2 aliphatic rings. The van der Waals surface area contributed by atoms with Crippen LogP contribution in [0.25, 0.3) is 0 Å². The molecule has 0 bridgehead atoms. The van der Waals surface area contributed by atoms with Crippen molar-refractivity contribution in [1.82, 2.24) is 4.90 Å². The van der Waals surface area contributed by atoms with Gasteiger partial charge >= 0.3 is 0 Å². The van der Waals surface area contributed by atoms with Crippen LogP contribution in [0.5, 0.6) is 0 Å². The Hall–Kier alpha value is -0.0800. The third-order valence-electron chi connectivity index (χ3n) is 5.03. The van der Waals surface area contributed by atoms with Gasteiger partial charge in [-0.05, 0) is 45.1 Å². The zero-order valence-corrected chi connectivity index (χ0v) is 11.6. The van der Waals surface area contributed by atoms with E-state index < -0.39 is 0 Å². The molecule has 2 fully saturated rings. The van der Waals surface area contributed by atoms with E-state index in [0.717, 1.165) is 12.5 Å². The highest BCUT2D eigenvalue weighted by molar-refractivity contribution is 4.92. The molecule has 2 heteroatoms. The van der Waals surface area contributed by atoms with E-state index in [1.54, 1.807) is 0 Å². The zero-order valence-electron chi connectivity index (χ0n) is 11.6. The van der Waals surface area contributed by atoms with Crippen LogP contribution in [-0.2, 0) is 0 Å². The molecule has 1 saturated heterocycles. The number of hydrogen-bond donors (Lipinski definition) is 1. The van der Waals surface area contributed by atoms with Crippen LogP contribution in [-0.4, -0.2) is 34.7 Å². The maximum atomic E-state index is 10.2. The Balaban J connectivity index is 2.02. The standard InChI is InChI=1S/C15H29NO/c1-3-12(4-2)16-11-7-9-14(16)13-8-5-6-10-15(13)17/h12-15,17H,3-11H2,1-2H3. The first kappa shape index (κ1) is 13.4. The lowest BCUT2D eigenvalue weighted by Gasteiger charge is -2.40. The summed E-state index contributed by atoms with van der Waals surface area (Å²) in [6.07, 6.45) is 10.0. The average Bonchev–Trinajstić information content (AvgIpc) is 2.80. The minimum Gasteiger partial charge on any atom is -0.393 e. The third kappa shape index (κ3) is 2.85. The van der Waals surface area contributed by atoms with Crippen molar-refractivity contribution in [2.24, 2.45) is 5.92 Å². The molecule has 3 unspecified atom stereocenters. The van der Waals surface area contributed by atoms with Crippen LogP contribution in [0.3, 0.4) is 0 Å². The van der Waals surface area contributed by atoms with Crippen molar-refractivity contribution >= 4 is 0 Å². The summed E-state index contributed by atoms with van der Waals surface area (Å²) >= 11 is 0. The van der Waals surface area contributed by atoms with Crippen molar-refractivity contribution in [3.63, 3.8) is 0 Å². The zero-order chi connectivity index (χ0) is 12.3. The quantitative estimate of drug-likeness (QED) is 0.814. The van der Waals surface area contributed by atoms with Crippen molar-refractivity contribution in [2.75, 3.05) is 6.54 Å². The van der Waals surface area contributed by atoms with Crippen LogP contribution in [0.2, 0.25) is 0 Å². The van der Waals surface area contributed by atoms with E-state index in [1.807, 2.05) is 0 Å². The molecule has 1 heterocycles. The molecule has 1 aliphatic heterocycles. The van der Waals surface area contributed by atoms with Gasteiger partial charge in [0, 0.05) is 18.0 Å². The maximum absolute atomic E-state index is 10.2. The fraction of sp³-hybridized carbons (Fsp3) is 1.00. The van der Waals surface area contributed by atoms with E-state index in [2.05, 4.69) is 18.7 Å². The average molecular weight is 239 g/mol. The summed E-state index contributed by atoms with van der Waals surface area (Å²) in [6.45, 7) is 5.88. The molecule has 0 aromatic heterocycles. The first-order valence-corrected chi connectivity index (χ1v) is 7.71. The van der Waals surface area contributed by atoms with Crippen molar-refractivity contribution in [3.05, 3.63) is 0 Å². The number of likely N-dealkylation sites (tertiary alicyclic amines) is 1. The van der Waals surface area contributed by atoms with E-state index >= 15 is 0 Å². The lowest BCUT2D eigenvalue weighted by Crippen LogP contribution is -2.46. The fourth-order valence-electron chi connectivity index (χ4n) is 4.07. The first-order chi connectivity index (χ1) is 8.27. The van der Waals surface area contributed by atoms with Crippen molar-refractivity contribution in [3.8, 4) is 0 Å². The number of nitrogens with zero attached hydrogens (tertiary/aromatic N) is 1. The van der Waals surface area contributed by atoms with E-state index in [9.17, 15) is 5.11 Å². The molecular formula is C15H29NO. The van der Waals surface area contributed by atoms with Gasteiger partial charge in [0.15, 0.2) is 0 Å². The van der Waals surface area contributed by atoms with Crippen molar-refractivity contribution < 1.29 is 5.11 Å². The second kappa shape index (κ2) is 6.19. The summed E-state index contributed by atoms with van der Waals surface area (Å²) in [5, 5.41) is 10.2. The first-order valence-electron chi connectivity index (χ1n) is 7.71. The van der Waals surface area contributed by atoms with Gasteiger partial charge in [-0.15, -0.1) is 0 Å². The van der Waals surface area contributed by atoms with Crippen LogP contribution in [0.15, 0.2) is 0 Å². The van der Waals surface area contributed by atoms with Gasteiger partial charge in [-0.1, -0.05) is 26.7 Å². The third-order valence-corrected chi connectivity index (χ3v) is 5.03. The molecular weight excluding hydrogens is 210 g/mol. The van der Waals surface area contributed by atoms with Crippen LogP contribution < -0.4 is 0 Å². The highest BCUT2D eigenvalue weighted by atomic mass is 16.3. The molecule has 1 aliphatic carbocycles. The van der Waals surface area contributed by atoms with Gasteiger partial charge in [-0.2, -0.15) is 0 Å². The van der Waals surface area contributed by atoms with Gasteiger partial charge in [0.25, 0.3) is 0 Å². The summed E-state index contributed by atoms with van der Waals surface area (Å²) in [5.41, 5.74) is 0. The van der Waals surface area contributed by atoms with Gasteiger partial charge in [0.2, 0.25) is 0 Å². The van der Waals surface area contributed by atoms with Crippen LogP contribution >= 0.6 is 0 Å². The molecule has 2 rings (SSSR count). The van der Waals surface area contributed by atoms with Crippen LogP contribution in [0, 0.1) is 5.92 Å². The molecule has 1 saturated carbocycles. The Morgan fingerprint density at radius 2 is 1.76 bits per heavy atom. The topological polar surface area (TPSA) is 23.5 Å². The SMILES string of the molecule is CCC(CC)N1CCCC1C1CCCCC1O. The van der Waals surface area contributed by atoms with Gasteiger partial charge < -0.3 is 5.11 Å². The second-order valence-electron chi connectivity index (χ2n) is 5.93. The predicted molar refractivity (Wildman–Crippen MR) is 72.1 cm³/mol. The Morgan fingerprint density at radius 1 is 1.06 bits per heavy atom. The number of rotatable bonds is 4. The van der Waals surface area contributed by atoms with Crippen LogP contribution in [0.1, 0.15) is 65.2 Å². The minimum atomic E-state index is -0.0243. The molecule has 2 nitrogen and oxygen atoms in total. The van der Waals surface area contributed by atoms with Crippen molar-refractivity contribution in [1.29, 1.82) is 0 Å². The Labute approximate surface area is 106 Å². The largest absolute Gasteiger partial charge is 0.393 e. The molecule has 0 amide bonds. The van der Waals surface area contributed by atoms with Crippen molar-refractivity contribution in [2.45, 2.75) is 83.4 Å². The normalized spacial score (nSPS) is 35.6. The number of aliphatic hydroxyl groups excluding tert-OH is 1. The second-order valence-corrected chi connectivity index (χ2v) is 5.93. The summed E-state index contributed by atoms with van der Waals surface area (Å²) in [6, 6.07) is 1.42. The maximum Gasteiger partial charge on any atom is 0.0583 e.